The molecule has 2 aromatic rings. The van der Waals surface area contributed by atoms with Gasteiger partial charge in [0.1, 0.15) is 12.6 Å². The van der Waals surface area contributed by atoms with Crippen molar-refractivity contribution in [3.63, 3.8) is 0 Å². The molecule has 0 heterocycles. The van der Waals surface area contributed by atoms with Gasteiger partial charge in [0.15, 0.2) is 0 Å². The molecule has 0 aliphatic heterocycles. The van der Waals surface area contributed by atoms with Crippen LogP contribution in [0, 0.1) is 24.7 Å². The second-order valence-electron chi connectivity index (χ2n) is 13.3. The number of carbonyl (C=O) groups is 2. The lowest BCUT2D eigenvalue weighted by molar-refractivity contribution is -0.139. The number of amides is 2. The molecule has 0 radical (unpaired) electrons. The molecule has 0 spiro atoms. The summed E-state index contributed by atoms with van der Waals surface area (Å²) in [4.78, 5) is 28.5. The Bertz CT molecular complexity index is 1350. The maximum absolute atomic E-state index is 13.9. The molecule has 7 nitrogen and oxygen atoms in total. The summed E-state index contributed by atoms with van der Waals surface area (Å²) < 4.78 is 27.3. The molecule has 2 amide bonds. The Morgan fingerprint density at radius 1 is 0.976 bits per heavy atom. The molecule has 1 atom stereocenters. The maximum atomic E-state index is 13.9. The Kier molecular flexibility index (Phi) is 9.02. The molecule has 8 heteroatoms. The number of benzene rings is 2. The van der Waals surface area contributed by atoms with Gasteiger partial charge in [0.05, 0.1) is 11.9 Å². The first-order valence-electron chi connectivity index (χ1n) is 15.7. The number of unbranched alkanes of at least 4 members (excludes halogenated alkanes) is 1. The fourth-order valence-electron chi connectivity index (χ4n) is 8.15. The molecule has 1 N–H and O–H groups in total. The van der Waals surface area contributed by atoms with Crippen molar-refractivity contribution in [1.29, 1.82) is 0 Å². The average molecular weight is 594 g/mol. The van der Waals surface area contributed by atoms with Gasteiger partial charge >= 0.3 is 0 Å². The summed E-state index contributed by atoms with van der Waals surface area (Å²) in [5.74, 6) is 1.81. The number of rotatable bonds is 12. The highest BCUT2D eigenvalue weighted by Gasteiger charge is 2.51. The molecule has 4 aliphatic rings. The Balaban J connectivity index is 1.37. The highest BCUT2D eigenvalue weighted by Crippen LogP contribution is 2.60. The molecule has 6 rings (SSSR count). The lowest BCUT2D eigenvalue weighted by Crippen LogP contribution is -2.51. The zero-order valence-corrected chi connectivity index (χ0v) is 26.5. The third kappa shape index (κ3) is 6.53. The molecular weight excluding hydrogens is 546 g/mol. The molecular formula is C34H47N3O4S. The van der Waals surface area contributed by atoms with Gasteiger partial charge in [-0.05, 0) is 111 Å². The minimum atomic E-state index is -3.76. The van der Waals surface area contributed by atoms with Crippen LogP contribution >= 0.6 is 0 Å². The van der Waals surface area contributed by atoms with Crippen molar-refractivity contribution >= 4 is 27.5 Å². The molecule has 2 aromatic carbocycles. The first kappa shape index (κ1) is 30.6. The molecule has 4 aliphatic carbocycles. The van der Waals surface area contributed by atoms with Crippen molar-refractivity contribution in [1.82, 2.24) is 10.2 Å². The number of hydrogen-bond donors (Lipinski definition) is 1. The summed E-state index contributed by atoms with van der Waals surface area (Å²) in [6.07, 6.45) is 10.8. The number of hydrogen-bond acceptors (Lipinski definition) is 4. The predicted octanol–water partition coefficient (Wildman–Crippen LogP) is 5.56. The van der Waals surface area contributed by atoms with Crippen LogP contribution in [-0.2, 0) is 31.6 Å². The summed E-state index contributed by atoms with van der Waals surface area (Å²) in [7, 11) is -3.76. The molecule has 4 fully saturated rings. The van der Waals surface area contributed by atoms with Crippen LogP contribution < -0.4 is 9.62 Å². The van der Waals surface area contributed by atoms with Gasteiger partial charge in [-0.25, -0.2) is 8.42 Å². The number of sulfonamides is 1. The summed E-state index contributed by atoms with van der Waals surface area (Å²) in [5, 5.41) is 2.93. The Labute approximate surface area is 252 Å². The third-order valence-electron chi connectivity index (χ3n) is 10.1. The summed E-state index contributed by atoms with van der Waals surface area (Å²) >= 11 is 0. The van der Waals surface area contributed by atoms with E-state index in [2.05, 4.69) is 24.4 Å². The van der Waals surface area contributed by atoms with E-state index in [1.165, 1.54) is 53.3 Å². The fourth-order valence-corrected chi connectivity index (χ4v) is 9.00. The largest absolute Gasteiger partial charge is 0.354 e. The third-order valence-corrected chi connectivity index (χ3v) is 11.2. The van der Waals surface area contributed by atoms with E-state index < -0.39 is 22.0 Å². The number of anilines is 1. The zero-order chi connectivity index (χ0) is 30.1. The van der Waals surface area contributed by atoms with Gasteiger partial charge in [-0.1, -0.05) is 49.7 Å². The van der Waals surface area contributed by atoms with E-state index in [4.69, 9.17) is 0 Å². The van der Waals surface area contributed by atoms with E-state index in [9.17, 15) is 18.0 Å². The molecule has 0 aromatic heterocycles. The lowest BCUT2D eigenvalue weighted by Gasteiger charge is -2.57. The van der Waals surface area contributed by atoms with Gasteiger partial charge in [0, 0.05) is 13.1 Å². The average Bonchev–Trinajstić information content (AvgIpc) is 2.94. The second-order valence-corrected chi connectivity index (χ2v) is 15.2. The highest BCUT2D eigenvalue weighted by molar-refractivity contribution is 7.92. The van der Waals surface area contributed by atoms with Crippen LogP contribution in [0.2, 0.25) is 0 Å². The van der Waals surface area contributed by atoms with Gasteiger partial charge in [-0.15, -0.1) is 0 Å². The number of carbonyl (C=O) groups excluding carboxylic acids is 2. The Hall–Kier alpha value is -2.87. The lowest BCUT2D eigenvalue weighted by atomic mass is 9.48. The molecule has 0 saturated heterocycles. The van der Waals surface area contributed by atoms with E-state index >= 15 is 0 Å². The van der Waals surface area contributed by atoms with Gasteiger partial charge in [-0.3, -0.25) is 13.9 Å². The van der Waals surface area contributed by atoms with Crippen molar-refractivity contribution in [3.8, 4) is 0 Å². The predicted molar refractivity (Wildman–Crippen MR) is 168 cm³/mol. The maximum Gasteiger partial charge on any atom is 0.244 e. The van der Waals surface area contributed by atoms with Crippen molar-refractivity contribution in [2.75, 3.05) is 23.7 Å². The minimum absolute atomic E-state index is 0.212. The molecule has 4 bridgehead atoms. The standard InChI is InChI=1S/C34H47N3O4S/c1-5-6-15-35-33(39)25(3)36(22-29-10-8-7-9-24(29)2)32(38)23-37(42(4,40)41)31-13-11-30(12-14-31)34-19-26-16-27(20-34)18-28(17-26)21-34/h7-14,25-28H,5-6,15-23H2,1-4H3,(H,35,39). The second kappa shape index (κ2) is 12.4. The molecule has 228 valence electrons. The normalized spacial score (nSPS) is 25.2. The SMILES string of the molecule is CCCCNC(=O)C(C)N(Cc1ccccc1C)C(=O)CN(c1ccc(C23CC4CC(CC(C4)C2)C3)cc1)S(C)(=O)=O. The van der Waals surface area contributed by atoms with E-state index in [0.717, 1.165) is 48.0 Å². The summed E-state index contributed by atoms with van der Waals surface area (Å²) in [6, 6.07) is 14.9. The van der Waals surface area contributed by atoms with Gasteiger partial charge < -0.3 is 10.2 Å². The molecule has 4 saturated carbocycles. The van der Waals surface area contributed by atoms with Crippen LogP contribution in [0.5, 0.6) is 0 Å². The minimum Gasteiger partial charge on any atom is -0.354 e. The van der Waals surface area contributed by atoms with Crippen LogP contribution in [0.3, 0.4) is 0 Å². The van der Waals surface area contributed by atoms with Gasteiger partial charge in [0.2, 0.25) is 21.8 Å². The van der Waals surface area contributed by atoms with Crippen LogP contribution in [-0.4, -0.2) is 50.5 Å². The fraction of sp³-hybridized carbons (Fsp3) is 0.588. The number of aryl methyl sites for hydroxylation is 1. The Morgan fingerprint density at radius 3 is 2.12 bits per heavy atom. The first-order valence-corrected chi connectivity index (χ1v) is 17.5. The molecule has 42 heavy (non-hydrogen) atoms. The van der Waals surface area contributed by atoms with Gasteiger partial charge in [-0.2, -0.15) is 0 Å². The summed E-state index contributed by atoms with van der Waals surface area (Å²) in [5.41, 5.74) is 3.93. The highest BCUT2D eigenvalue weighted by atomic mass is 32.2. The topological polar surface area (TPSA) is 86.8 Å². The zero-order valence-electron chi connectivity index (χ0n) is 25.6. The van der Waals surface area contributed by atoms with Crippen molar-refractivity contribution in [3.05, 3.63) is 65.2 Å². The number of nitrogens with one attached hydrogen (secondary N) is 1. The van der Waals surface area contributed by atoms with E-state index in [0.29, 0.717) is 12.2 Å². The van der Waals surface area contributed by atoms with Crippen LogP contribution in [0.25, 0.3) is 0 Å². The number of nitrogens with zero attached hydrogens (tertiary/aromatic N) is 2. The van der Waals surface area contributed by atoms with Crippen LogP contribution in [0.1, 0.15) is 81.9 Å². The van der Waals surface area contributed by atoms with E-state index in [1.54, 1.807) is 6.92 Å². The van der Waals surface area contributed by atoms with Crippen molar-refractivity contribution in [2.45, 2.75) is 90.1 Å². The van der Waals surface area contributed by atoms with Crippen LogP contribution in [0.15, 0.2) is 48.5 Å². The van der Waals surface area contributed by atoms with Crippen LogP contribution in [0.4, 0.5) is 5.69 Å². The van der Waals surface area contributed by atoms with E-state index in [-0.39, 0.29) is 24.4 Å². The van der Waals surface area contributed by atoms with E-state index in [1.807, 2.05) is 43.3 Å². The van der Waals surface area contributed by atoms with Crippen molar-refractivity contribution in [2.24, 2.45) is 17.8 Å². The smallest absolute Gasteiger partial charge is 0.244 e. The quantitative estimate of drug-likeness (QED) is 0.327. The monoisotopic (exact) mass is 593 g/mol. The Morgan fingerprint density at radius 2 is 1.57 bits per heavy atom. The van der Waals surface area contributed by atoms with Crippen molar-refractivity contribution < 1.29 is 18.0 Å². The molecule has 1 unspecified atom stereocenters. The summed E-state index contributed by atoms with van der Waals surface area (Å²) in [6.45, 7) is 6.13. The van der Waals surface area contributed by atoms with Gasteiger partial charge in [0.25, 0.3) is 0 Å². The first-order chi connectivity index (χ1) is 20.0.